The molecule has 0 radical (unpaired) electrons. The highest BCUT2D eigenvalue weighted by Crippen LogP contribution is 2.23. The third kappa shape index (κ3) is 3.93. The summed E-state index contributed by atoms with van der Waals surface area (Å²) in [7, 11) is 0. The van der Waals surface area contributed by atoms with Crippen LogP contribution in [0.15, 0.2) is 28.3 Å². The Morgan fingerprint density at radius 2 is 2.33 bits per heavy atom. The van der Waals surface area contributed by atoms with Crippen molar-refractivity contribution in [3.8, 4) is 0 Å². The zero-order valence-electron chi connectivity index (χ0n) is 10.7. The summed E-state index contributed by atoms with van der Waals surface area (Å²) in [5.41, 5.74) is 1.24. The van der Waals surface area contributed by atoms with Gasteiger partial charge in [-0.15, -0.1) is 11.3 Å². The minimum absolute atomic E-state index is 0.683. The lowest BCUT2D eigenvalue weighted by atomic mass is 10.2. The minimum atomic E-state index is 0.683. The molecule has 98 valence electrons. The Hall–Kier alpha value is -0.650. The SMILES string of the molecule is CC(C)CNCc1cnn(Cc2sccc2Br)c1. The topological polar surface area (TPSA) is 29.9 Å². The molecule has 0 spiro atoms. The summed E-state index contributed by atoms with van der Waals surface area (Å²) in [4.78, 5) is 1.31. The second-order valence-corrected chi connectivity index (χ2v) is 6.62. The summed E-state index contributed by atoms with van der Waals surface area (Å²) in [6, 6.07) is 2.08. The third-order valence-corrected chi connectivity index (χ3v) is 4.48. The average molecular weight is 328 g/mol. The van der Waals surface area contributed by atoms with E-state index in [2.05, 4.69) is 57.8 Å². The summed E-state index contributed by atoms with van der Waals surface area (Å²) in [6.07, 6.45) is 4.05. The van der Waals surface area contributed by atoms with Gasteiger partial charge >= 0.3 is 0 Å². The van der Waals surface area contributed by atoms with Crippen LogP contribution in [0.5, 0.6) is 0 Å². The zero-order chi connectivity index (χ0) is 13.0. The summed E-state index contributed by atoms with van der Waals surface area (Å²) in [5.74, 6) is 0.683. The lowest BCUT2D eigenvalue weighted by Gasteiger charge is -2.05. The van der Waals surface area contributed by atoms with Crippen LogP contribution in [0.1, 0.15) is 24.3 Å². The smallest absolute Gasteiger partial charge is 0.0763 e. The van der Waals surface area contributed by atoms with E-state index in [0.717, 1.165) is 19.6 Å². The Morgan fingerprint density at radius 1 is 1.50 bits per heavy atom. The van der Waals surface area contributed by atoms with Crippen molar-refractivity contribution in [3.63, 3.8) is 0 Å². The molecule has 18 heavy (non-hydrogen) atoms. The molecule has 0 aliphatic carbocycles. The number of hydrogen-bond acceptors (Lipinski definition) is 3. The summed E-state index contributed by atoms with van der Waals surface area (Å²) >= 11 is 5.30. The maximum Gasteiger partial charge on any atom is 0.0763 e. The summed E-state index contributed by atoms with van der Waals surface area (Å²) in [6.45, 7) is 7.20. The van der Waals surface area contributed by atoms with Crippen LogP contribution in [0.2, 0.25) is 0 Å². The molecule has 0 fully saturated rings. The van der Waals surface area contributed by atoms with Crippen molar-refractivity contribution in [2.24, 2.45) is 5.92 Å². The molecule has 0 bridgehead atoms. The van der Waals surface area contributed by atoms with Crippen molar-refractivity contribution >= 4 is 27.3 Å². The fourth-order valence-electron chi connectivity index (χ4n) is 1.67. The number of nitrogens with one attached hydrogen (secondary N) is 1. The van der Waals surface area contributed by atoms with Crippen molar-refractivity contribution in [3.05, 3.63) is 38.8 Å². The Labute approximate surface area is 120 Å². The predicted molar refractivity (Wildman–Crippen MR) is 79.9 cm³/mol. The standard InChI is InChI=1S/C13H18BrN3S/c1-10(2)5-15-6-11-7-16-17(8-11)9-13-12(14)3-4-18-13/h3-4,7-8,10,15H,5-6,9H2,1-2H3. The van der Waals surface area contributed by atoms with Gasteiger partial charge in [0.2, 0.25) is 0 Å². The van der Waals surface area contributed by atoms with Crippen LogP contribution in [0.25, 0.3) is 0 Å². The average Bonchev–Trinajstić information content (AvgIpc) is 2.90. The highest BCUT2D eigenvalue weighted by Gasteiger charge is 2.04. The molecule has 5 heteroatoms. The fraction of sp³-hybridized carbons (Fsp3) is 0.462. The van der Waals surface area contributed by atoms with E-state index < -0.39 is 0 Å². The number of halogens is 1. The molecular formula is C13H18BrN3S. The minimum Gasteiger partial charge on any atom is -0.312 e. The number of hydrogen-bond donors (Lipinski definition) is 1. The molecule has 3 nitrogen and oxygen atoms in total. The lowest BCUT2D eigenvalue weighted by molar-refractivity contribution is 0.552. The molecule has 0 unspecified atom stereocenters. The van der Waals surface area contributed by atoms with E-state index in [0.29, 0.717) is 5.92 Å². The van der Waals surface area contributed by atoms with Crippen molar-refractivity contribution in [1.82, 2.24) is 15.1 Å². The van der Waals surface area contributed by atoms with Gasteiger partial charge in [-0.05, 0) is 39.8 Å². The largest absolute Gasteiger partial charge is 0.312 e. The first-order valence-electron chi connectivity index (χ1n) is 6.09. The van der Waals surface area contributed by atoms with E-state index in [1.54, 1.807) is 11.3 Å². The number of nitrogens with zero attached hydrogens (tertiary/aromatic N) is 2. The maximum atomic E-state index is 4.39. The van der Waals surface area contributed by atoms with Crippen molar-refractivity contribution in [2.45, 2.75) is 26.9 Å². The molecule has 0 aliphatic rings. The molecule has 2 aromatic heterocycles. The highest BCUT2D eigenvalue weighted by molar-refractivity contribution is 9.10. The molecule has 0 saturated carbocycles. The molecule has 0 saturated heterocycles. The number of aromatic nitrogens is 2. The van der Waals surface area contributed by atoms with Crippen LogP contribution in [-0.2, 0) is 13.1 Å². The lowest BCUT2D eigenvalue weighted by Crippen LogP contribution is -2.18. The van der Waals surface area contributed by atoms with Gasteiger partial charge in [0.1, 0.15) is 0 Å². The van der Waals surface area contributed by atoms with E-state index >= 15 is 0 Å². The Morgan fingerprint density at radius 3 is 3.00 bits per heavy atom. The number of thiophene rings is 1. The van der Waals surface area contributed by atoms with Crippen molar-refractivity contribution in [1.29, 1.82) is 0 Å². The molecular weight excluding hydrogens is 310 g/mol. The Kier molecular flexibility index (Phi) is 4.97. The second kappa shape index (κ2) is 6.50. The van der Waals surface area contributed by atoms with Gasteiger partial charge in [-0.3, -0.25) is 4.68 Å². The second-order valence-electron chi connectivity index (χ2n) is 4.76. The third-order valence-electron chi connectivity index (χ3n) is 2.57. The normalized spacial score (nSPS) is 11.3. The van der Waals surface area contributed by atoms with Crippen LogP contribution < -0.4 is 5.32 Å². The van der Waals surface area contributed by atoms with E-state index in [4.69, 9.17) is 0 Å². The Balaban J connectivity index is 1.88. The van der Waals surface area contributed by atoms with E-state index in [1.165, 1.54) is 14.9 Å². The first-order valence-corrected chi connectivity index (χ1v) is 7.76. The quantitative estimate of drug-likeness (QED) is 0.879. The van der Waals surface area contributed by atoms with Crippen LogP contribution in [0.3, 0.4) is 0 Å². The van der Waals surface area contributed by atoms with Gasteiger partial charge < -0.3 is 5.32 Å². The Bertz CT molecular complexity index is 490. The fourth-order valence-corrected chi connectivity index (χ4v) is 3.14. The first kappa shape index (κ1) is 13.8. The van der Waals surface area contributed by atoms with Gasteiger partial charge in [0.25, 0.3) is 0 Å². The highest BCUT2D eigenvalue weighted by atomic mass is 79.9. The van der Waals surface area contributed by atoms with E-state index in [1.807, 2.05) is 10.9 Å². The first-order chi connectivity index (χ1) is 8.65. The van der Waals surface area contributed by atoms with Gasteiger partial charge in [-0.1, -0.05) is 13.8 Å². The molecule has 0 amide bonds. The van der Waals surface area contributed by atoms with Crippen molar-refractivity contribution in [2.75, 3.05) is 6.54 Å². The predicted octanol–water partition coefficient (Wildman–Crippen LogP) is 3.50. The van der Waals surface area contributed by atoms with Gasteiger partial charge in [-0.2, -0.15) is 5.10 Å². The van der Waals surface area contributed by atoms with Gasteiger partial charge in [-0.25, -0.2) is 0 Å². The van der Waals surface area contributed by atoms with Gasteiger partial charge in [0.05, 0.1) is 12.7 Å². The molecule has 0 aliphatic heterocycles. The van der Waals surface area contributed by atoms with Crippen LogP contribution in [0, 0.1) is 5.92 Å². The number of rotatable bonds is 6. The molecule has 2 heterocycles. The molecule has 2 rings (SSSR count). The van der Waals surface area contributed by atoms with Crippen molar-refractivity contribution < 1.29 is 0 Å². The monoisotopic (exact) mass is 327 g/mol. The van der Waals surface area contributed by atoms with Gasteiger partial charge in [0, 0.05) is 27.7 Å². The molecule has 2 aromatic rings. The van der Waals surface area contributed by atoms with E-state index in [-0.39, 0.29) is 0 Å². The van der Waals surface area contributed by atoms with Crippen LogP contribution in [0.4, 0.5) is 0 Å². The van der Waals surface area contributed by atoms with Gasteiger partial charge in [0.15, 0.2) is 0 Å². The molecule has 0 aromatic carbocycles. The maximum absolute atomic E-state index is 4.39. The molecule has 1 N–H and O–H groups in total. The van der Waals surface area contributed by atoms with E-state index in [9.17, 15) is 0 Å². The van der Waals surface area contributed by atoms with Crippen LogP contribution in [-0.4, -0.2) is 16.3 Å². The van der Waals surface area contributed by atoms with Crippen LogP contribution >= 0.6 is 27.3 Å². The summed E-state index contributed by atoms with van der Waals surface area (Å²) in [5, 5.41) is 9.91. The zero-order valence-corrected chi connectivity index (χ0v) is 13.1. The summed E-state index contributed by atoms with van der Waals surface area (Å²) < 4.78 is 3.16. The molecule has 0 atom stereocenters.